The van der Waals surface area contributed by atoms with Crippen LogP contribution in [0, 0.1) is 0 Å². The van der Waals surface area contributed by atoms with Crippen molar-refractivity contribution in [1.82, 2.24) is 10.2 Å². The van der Waals surface area contributed by atoms with Crippen LogP contribution in [0.2, 0.25) is 0 Å². The van der Waals surface area contributed by atoms with Gasteiger partial charge in [-0.05, 0) is 40.8 Å². The molecule has 0 aliphatic heterocycles. The molecule has 1 N–H and O–H groups in total. The quantitative estimate of drug-likeness (QED) is 0.345. The molecule has 0 aliphatic rings. The van der Waals surface area contributed by atoms with E-state index in [2.05, 4.69) is 45.3 Å². The van der Waals surface area contributed by atoms with E-state index in [0.29, 0.717) is 0 Å². The minimum absolute atomic E-state index is 0. The normalized spacial score (nSPS) is 10.9. The van der Waals surface area contributed by atoms with Crippen LogP contribution in [0.3, 0.4) is 0 Å². The second kappa shape index (κ2) is 10.9. The summed E-state index contributed by atoms with van der Waals surface area (Å²) < 4.78 is 0. The van der Waals surface area contributed by atoms with Gasteiger partial charge in [-0.25, -0.2) is 0 Å². The lowest BCUT2D eigenvalue weighted by molar-refractivity contribution is 0.477. The maximum absolute atomic E-state index is 4.29. The van der Waals surface area contributed by atoms with E-state index in [1.54, 1.807) is 11.3 Å². The van der Waals surface area contributed by atoms with Crippen molar-refractivity contribution in [2.24, 2.45) is 4.99 Å². The average Bonchev–Trinajstić information content (AvgIpc) is 2.82. The first kappa shape index (κ1) is 18.0. The number of halogens is 1. The smallest absolute Gasteiger partial charge is 0.193 e. The molecule has 3 nitrogen and oxygen atoms in total. The summed E-state index contributed by atoms with van der Waals surface area (Å²) >= 11 is 3.62. The van der Waals surface area contributed by atoms with Gasteiger partial charge in [0.2, 0.25) is 0 Å². The Bertz CT molecular complexity index is 328. The number of guanidine groups is 1. The Labute approximate surface area is 135 Å². The van der Waals surface area contributed by atoms with Crippen LogP contribution in [0.25, 0.3) is 0 Å². The molecule has 1 aromatic heterocycles. The van der Waals surface area contributed by atoms with Gasteiger partial charge in [0.25, 0.3) is 0 Å². The van der Waals surface area contributed by atoms with Crippen LogP contribution in [0.5, 0.6) is 0 Å². The molecular formula is C12H22IN3S2. The third kappa shape index (κ3) is 6.84. The van der Waals surface area contributed by atoms with Gasteiger partial charge < -0.3 is 10.2 Å². The van der Waals surface area contributed by atoms with Crippen molar-refractivity contribution in [1.29, 1.82) is 0 Å². The van der Waals surface area contributed by atoms with Crippen LogP contribution in [0.4, 0.5) is 0 Å². The SMILES string of the molecule is CN=C(NCCCSC)N(C)Cc1ccsc1.I. The van der Waals surface area contributed by atoms with Gasteiger partial charge in [-0.1, -0.05) is 0 Å². The predicted octanol–water partition coefficient (Wildman–Crippen LogP) is 3.13. The van der Waals surface area contributed by atoms with Gasteiger partial charge in [-0.15, -0.1) is 24.0 Å². The van der Waals surface area contributed by atoms with Gasteiger partial charge in [-0.3, -0.25) is 4.99 Å². The molecule has 1 rings (SSSR count). The summed E-state index contributed by atoms with van der Waals surface area (Å²) in [5.41, 5.74) is 1.34. The number of thiophene rings is 1. The second-order valence-corrected chi connectivity index (χ2v) is 5.57. The number of nitrogens with zero attached hydrogens (tertiary/aromatic N) is 2. The fraction of sp³-hybridized carbons (Fsp3) is 0.583. The molecule has 0 amide bonds. The Morgan fingerprint density at radius 3 is 2.89 bits per heavy atom. The molecule has 0 spiro atoms. The summed E-state index contributed by atoms with van der Waals surface area (Å²) in [6, 6.07) is 2.15. The lowest BCUT2D eigenvalue weighted by Crippen LogP contribution is -2.38. The van der Waals surface area contributed by atoms with Crippen LogP contribution >= 0.6 is 47.1 Å². The standard InChI is InChI=1S/C12H21N3S2.HI/c1-13-12(14-6-4-7-16-3)15(2)9-11-5-8-17-10-11;/h5,8,10H,4,6-7,9H2,1-3H3,(H,13,14);1H. The molecule has 18 heavy (non-hydrogen) atoms. The zero-order valence-electron chi connectivity index (χ0n) is 11.2. The third-order valence-corrected chi connectivity index (χ3v) is 3.81. The monoisotopic (exact) mass is 399 g/mol. The Kier molecular flexibility index (Phi) is 11.0. The van der Waals surface area contributed by atoms with Gasteiger partial charge in [0.1, 0.15) is 0 Å². The van der Waals surface area contributed by atoms with E-state index in [4.69, 9.17) is 0 Å². The maximum atomic E-state index is 4.29. The van der Waals surface area contributed by atoms with Crippen LogP contribution in [-0.2, 0) is 6.54 Å². The van der Waals surface area contributed by atoms with Crippen LogP contribution in [0.1, 0.15) is 12.0 Å². The molecular weight excluding hydrogens is 377 g/mol. The Morgan fingerprint density at radius 2 is 2.33 bits per heavy atom. The number of nitrogens with one attached hydrogen (secondary N) is 1. The van der Waals surface area contributed by atoms with E-state index in [1.165, 1.54) is 17.7 Å². The van der Waals surface area contributed by atoms with E-state index >= 15 is 0 Å². The minimum Gasteiger partial charge on any atom is -0.356 e. The molecule has 0 aromatic carbocycles. The largest absolute Gasteiger partial charge is 0.356 e. The van der Waals surface area contributed by atoms with Crippen LogP contribution in [-0.4, -0.2) is 43.5 Å². The molecule has 1 heterocycles. The molecule has 1 aromatic rings. The van der Waals surface area contributed by atoms with Crippen molar-refractivity contribution in [2.45, 2.75) is 13.0 Å². The summed E-state index contributed by atoms with van der Waals surface area (Å²) in [5, 5.41) is 7.67. The number of hydrogen-bond donors (Lipinski definition) is 1. The summed E-state index contributed by atoms with van der Waals surface area (Å²) in [5.74, 6) is 2.16. The predicted molar refractivity (Wildman–Crippen MR) is 95.6 cm³/mol. The van der Waals surface area contributed by atoms with E-state index < -0.39 is 0 Å². The fourth-order valence-corrected chi connectivity index (χ4v) is 2.63. The molecule has 0 saturated heterocycles. The van der Waals surface area contributed by atoms with Gasteiger partial charge in [0.15, 0.2) is 5.96 Å². The first-order valence-electron chi connectivity index (χ1n) is 5.69. The summed E-state index contributed by atoms with van der Waals surface area (Å²) in [7, 11) is 3.91. The first-order valence-corrected chi connectivity index (χ1v) is 8.03. The third-order valence-electron chi connectivity index (χ3n) is 2.38. The Morgan fingerprint density at radius 1 is 1.56 bits per heavy atom. The molecule has 0 bridgehead atoms. The van der Waals surface area contributed by atoms with Crippen molar-refractivity contribution in [3.8, 4) is 0 Å². The molecule has 0 unspecified atom stereocenters. The number of thioether (sulfide) groups is 1. The topological polar surface area (TPSA) is 27.6 Å². The molecule has 0 aliphatic carbocycles. The zero-order chi connectivity index (χ0) is 12.5. The summed E-state index contributed by atoms with van der Waals surface area (Å²) in [4.78, 5) is 6.45. The lowest BCUT2D eigenvalue weighted by atomic mass is 10.3. The number of hydrogen-bond acceptors (Lipinski definition) is 3. The van der Waals surface area contributed by atoms with Crippen LogP contribution < -0.4 is 5.32 Å². The van der Waals surface area contributed by atoms with Gasteiger partial charge >= 0.3 is 0 Å². The van der Waals surface area contributed by atoms with Crippen molar-refractivity contribution in [3.63, 3.8) is 0 Å². The Balaban J connectivity index is 0.00000289. The second-order valence-electron chi connectivity index (χ2n) is 3.81. The molecule has 0 atom stereocenters. The van der Waals surface area contributed by atoms with Gasteiger partial charge in [-0.2, -0.15) is 23.1 Å². The summed E-state index contributed by atoms with van der Waals surface area (Å²) in [6.07, 6.45) is 3.31. The first-order chi connectivity index (χ1) is 8.27. The highest BCUT2D eigenvalue weighted by atomic mass is 127. The van der Waals surface area contributed by atoms with Crippen molar-refractivity contribution in [3.05, 3.63) is 22.4 Å². The molecule has 0 fully saturated rings. The zero-order valence-corrected chi connectivity index (χ0v) is 15.1. The van der Waals surface area contributed by atoms with Gasteiger partial charge in [0.05, 0.1) is 0 Å². The summed E-state index contributed by atoms with van der Waals surface area (Å²) in [6.45, 7) is 1.90. The molecule has 6 heteroatoms. The number of aliphatic imine (C=N–C) groups is 1. The average molecular weight is 399 g/mol. The van der Waals surface area contributed by atoms with E-state index in [-0.39, 0.29) is 24.0 Å². The van der Waals surface area contributed by atoms with Crippen LogP contribution in [0.15, 0.2) is 21.8 Å². The van der Waals surface area contributed by atoms with E-state index in [0.717, 1.165) is 19.0 Å². The highest BCUT2D eigenvalue weighted by Crippen LogP contribution is 2.08. The molecule has 0 radical (unpaired) electrons. The van der Waals surface area contributed by atoms with Crippen molar-refractivity contribution < 1.29 is 0 Å². The van der Waals surface area contributed by atoms with E-state index in [9.17, 15) is 0 Å². The minimum atomic E-state index is 0. The fourth-order valence-electron chi connectivity index (χ4n) is 1.53. The Hall–Kier alpha value is 0.0500. The van der Waals surface area contributed by atoms with Crippen molar-refractivity contribution in [2.75, 3.05) is 32.6 Å². The molecule has 104 valence electrons. The highest BCUT2D eigenvalue weighted by molar-refractivity contribution is 14.0. The number of rotatable bonds is 6. The maximum Gasteiger partial charge on any atom is 0.193 e. The van der Waals surface area contributed by atoms with E-state index in [1.807, 2.05) is 18.8 Å². The van der Waals surface area contributed by atoms with Gasteiger partial charge in [0, 0.05) is 27.2 Å². The highest BCUT2D eigenvalue weighted by Gasteiger charge is 2.05. The van der Waals surface area contributed by atoms with Crippen molar-refractivity contribution >= 4 is 53.0 Å². The lowest BCUT2D eigenvalue weighted by Gasteiger charge is -2.21. The molecule has 0 saturated carbocycles.